The fraction of sp³-hybridized carbons (Fsp3) is 0.0556. The maximum atomic E-state index is 8.41. The molecule has 0 unspecified atom stereocenters. The van der Waals surface area contributed by atoms with E-state index in [1.807, 2.05) is 48.5 Å². The first kappa shape index (κ1) is 18.5. The SMILES string of the molecule is N#CC#Cc1ccc(I)cc1.OCC#Cc1ccc(I)cc1. The minimum Gasteiger partial charge on any atom is -0.384 e. The third-order valence-electron chi connectivity index (χ3n) is 2.26. The van der Waals surface area contributed by atoms with Gasteiger partial charge in [-0.15, -0.1) is 0 Å². The molecule has 0 heterocycles. The van der Waals surface area contributed by atoms with Gasteiger partial charge >= 0.3 is 0 Å². The number of nitriles is 1. The average Bonchev–Trinajstić information content (AvgIpc) is 2.54. The molecule has 22 heavy (non-hydrogen) atoms. The van der Waals surface area contributed by atoms with Crippen LogP contribution in [0.3, 0.4) is 0 Å². The van der Waals surface area contributed by atoms with E-state index >= 15 is 0 Å². The van der Waals surface area contributed by atoms with Crippen LogP contribution in [-0.4, -0.2) is 11.7 Å². The molecule has 0 amide bonds. The highest BCUT2D eigenvalue weighted by Gasteiger charge is 1.86. The molecule has 0 saturated carbocycles. The second-order valence-electron chi connectivity index (χ2n) is 3.84. The topological polar surface area (TPSA) is 44.0 Å². The number of aliphatic hydroxyl groups is 1. The first-order chi connectivity index (χ1) is 10.7. The van der Waals surface area contributed by atoms with E-state index in [1.165, 1.54) is 7.14 Å². The van der Waals surface area contributed by atoms with Crippen molar-refractivity contribution in [2.75, 3.05) is 6.61 Å². The van der Waals surface area contributed by atoms with Gasteiger partial charge in [0.1, 0.15) is 6.61 Å². The molecule has 0 atom stereocenters. The van der Waals surface area contributed by atoms with Gasteiger partial charge < -0.3 is 5.11 Å². The summed E-state index contributed by atoms with van der Waals surface area (Å²) >= 11 is 4.46. The Morgan fingerprint density at radius 2 is 1.27 bits per heavy atom. The lowest BCUT2D eigenvalue weighted by Gasteiger charge is -1.89. The summed E-state index contributed by atoms with van der Waals surface area (Å²) in [6, 6.07) is 17.3. The van der Waals surface area contributed by atoms with Crippen molar-refractivity contribution in [3.05, 3.63) is 66.8 Å². The van der Waals surface area contributed by atoms with Gasteiger partial charge in [-0.25, -0.2) is 0 Å². The van der Waals surface area contributed by atoms with Gasteiger partial charge in [-0.2, -0.15) is 5.26 Å². The molecule has 0 aliphatic heterocycles. The van der Waals surface area contributed by atoms with Crippen molar-refractivity contribution >= 4 is 45.2 Å². The minimum absolute atomic E-state index is 0.0774. The number of halogens is 2. The summed E-state index contributed by atoms with van der Waals surface area (Å²) in [5.74, 6) is 10.4. The third-order valence-corrected chi connectivity index (χ3v) is 3.70. The van der Waals surface area contributed by atoms with Gasteiger partial charge in [-0.05, 0) is 93.7 Å². The van der Waals surface area contributed by atoms with Gasteiger partial charge in [0.2, 0.25) is 0 Å². The molecule has 0 radical (unpaired) electrons. The van der Waals surface area contributed by atoms with Crippen molar-refractivity contribution in [1.29, 1.82) is 5.26 Å². The van der Waals surface area contributed by atoms with Crippen LogP contribution in [0.5, 0.6) is 0 Å². The summed E-state index contributed by atoms with van der Waals surface area (Å²) in [4.78, 5) is 0. The molecule has 2 aromatic carbocycles. The number of hydrogen-bond donors (Lipinski definition) is 1. The van der Waals surface area contributed by atoms with Gasteiger partial charge in [-0.1, -0.05) is 17.8 Å². The smallest absolute Gasteiger partial charge is 0.152 e. The maximum absolute atomic E-state index is 8.41. The van der Waals surface area contributed by atoms with Crippen molar-refractivity contribution < 1.29 is 5.11 Å². The fourth-order valence-electron chi connectivity index (χ4n) is 1.31. The lowest BCUT2D eigenvalue weighted by molar-refractivity contribution is 0.350. The van der Waals surface area contributed by atoms with E-state index in [-0.39, 0.29) is 6.61 Å². The molecule has 0 fully saturated rings. The van der Waals surface area contributed by atoms with Crippen LogP contribution in [0.4, 0.5) is 0 Å². The molecular weight excluding hydrogens is 500 g/mol. The molecule has 0 spiro atoms. The molecule has 2 aromatic rings. The zero-order valence-electron chi connectivity index (χ0n) is 11.5. The van der Waals surface area contributed by atoms with E-state index in [1.54, 1.807) is 6.07 Å². The van der Waals surface area contributed by atoms with E-state index in [0.717, 1.165) is 11.1 Å². The lowest BCUT2D eigenvalue weighted by atomic mass is 10.2. The van der Waals surface area contributed by atoms with Gasteiger partial charge in [0.05, 0.1) is 0 Å². The average molecular weight is 511 g/mol. The van der Waals surface area contributed by atoms with Crippen molar-refractivity contribution in [3.63, 3.8) is 0 Å². The van der Waals surface area contributed by atoms with Crippen LogP contribution in [0.25, 0.3) is 0 Å². The Morgan fingerprint density at radius 1 is 0.818 bits per heavy atom. The molecule has 0 saturated heterocycles. The quantitative estimate of drug-likeness (QED) is 0.433. The van der Waals surface area contributed by atoms with Gasteiger partial charge in [0.15, 0.2) is 6.07 Å². The highest BCUT2D eigenvalue weighted by molar-refractivity contribution is 14.1. The number of hydrogen-bond acceptors (Lipinski definition) is 2. The number of nitrogens with zero attached hydrogens (tertiary/aromatic N) is 1. The first-order valence-corrected chi connectivity index (χ1v) is 8.32. The second-order valence-corrected chi connectivity index (χ2v) is 6.33. The van der Waals surface area contributed by atoms with E-state index in [2.05, 4.69) is 68.9 Å². The van der Waals surface area contributed by atoms with Crippen molar-refractivity contribution in [1.82, 2.24) is 0 Å². The highest BCUT2D eigenvalue weighted by atomic mass is 127. The minimum atomic E-state index is -0.0774. The summed E-state index contributed by atoms with van der Waals surface area (Å²) in [6.07, 6.45) is 0. The molecule has 4 heteroatoms. The van der Waals surface area contributed by atoms with Crippen molar-refractivity contribution in [2.24, 2.45) is 0 Å². The van der Waals surface area contributed by atoms with E-state index < -0.39 is 0 Å². The Hall–Kier alpha value is -1.53. The van der Waals surface area contributed by atoms with Gasteiger partial charge in [0, 0.05) is 24.2 Å². The predicted molar refractivity (Wildman–Crippen MR) is 105 cm³/mol. The van der Waals surface area contributed by atoms with Crippen LogP contribution in [0.2, 0.25) is 0 Å². The Bertz CT molecular complexity index is 752. The van der Waals surface area contributed by atoms with Gasteiger partial charge in [0.25, 0.3) is 0 Å². The molecule has 0 aliphatic rings. The molecule has 2 nitrogen and oxygen atoms in total. The van der Waals surface area contributed by atoms with Crippen LogP contribution in [0.15, 0.2) is 48.5 Å². The third kappa shape index (κ3) is 8.05. The highest BCUT2D eigenvalue weighted by Crippen LogP contribution is 2.05. The van der Waals surface area contributed by atoms with Crippen LogP contribution < -0.4 is 0 Å². The molecule has 0 bridgehead atoms. The molecule has 0 aromatic heterocycles. The molecule has 108 valence electrons. The summed E-state index contributed by atoms with van der Waals surface area (Å²) < 4.78 is 2.36. The van der Waals surface area contributed by atoms with Crippen LogP contribution in [0, 0.1) is 42.2 Å². The summed E-state index contributed by atoms with van der Waals surface area (Å²) in [5.41, 5.74) is 1.83. The Balaban J connectivity index is 0.000000220. The summed E-state index contributed by atoms with van der Waals surface area (Å²) in [5, 5.41) is 16.6. The molecular formula is C18H11I2NO. The van der Waals surface area contributed by atoms with Crippen molar-refractivity contribution in [3.8, 4) is 29.8 Å². The zero-order valence-corrected chi connectivity index (χ0v) is 15.8. The fourth-order valence-corrected chi connectivity index (χ4v) is 2.03. The normalized spacial score (nSPS) is 8.09. The predicted octanol–water partition coefficient (Wildman–Crippen LogP) is 3.80. The van der Waals surface area contributed by atoms with Crippen molar-refractivity contribution in [2.45, 2.75) is 0 Å². The number of rotatable bonds is 0. The zero-order chi connectivity index (χ0) is 16.2. The summed E-state index contributed by atoms with van der Waals surface area (Å²) in [7, 11) is 0. The van der Waals surface area contributed by atoms with Crippen LogP contribution in [-0.2, 0) is 0 Å². The summed E-state index contributed by atoms with van der Waals surface area (Å²) in [6.45, 7) is -0.0774. The van der Waals surface area contributed by atoms with E-state index in [4.69, 9.17) is 10.4 Å². The van der Waals surface area contributed by atoms with Gasteiger partial charge in [-0.3, -0.25) is 0 Å². The first-order valence-electron chi connectivity index (χ1n) is 6.16. The maximum Gasteiger partial charge on any atom is 0.152 e. The Morgan fingerprint density at radius 3 is 1.68 bits per heavy atom. The second kappa shape index (κ2) is 11.1. The van der Waals surface area contributed by atoms with Crippen LogP contribution >= 0.6 is 45.2 Å². The molecule has 0 aliphatic carbocycles. The van der Waals surface area contributed by atoms with E-state index in [0.29, 0.717) is 0 Å². The monoisotopic (exact) mass is 511 g/mol. The number of aliphatic hydroxyl groups excluding tert-OH is 1. The Kier molecular flexibility index (Phi) is 9.34. The van der Waals surface area contributed by atoms with Crippen LogP contribution in [0.1, 0.15) is 11.1 Å². The molecule has 1 N–H and O–H groups in total. The number of benzene rings is 2. The lowest BCUT2D eigenvalue weighted by Crippen LogP contribution is -1.76. The molecule has 2 rings (SSSR count). The Labute approximate surface area is 157 Å². The largest absolute Gasteiger partial charge is 0.384 e. The standard InChI is InChI=1S/C9H4IN.C9H7IO/c2*10-9-5-3-8(4-6-9)2-1-7-11/h3-6H;3-6,11H,7H2. The van der Waals surface area contributed by atoms with E-state index in [9.17, 15) is 0 Å².